The van der Waals surface area contributed by atoms with Gasteiger partial charge in [-0.2, -0.15) is 0 Å². The van der Waals surface area contributed by atoms with E-state index < -0.39 is 0 Å². The van der Waals surface area contributed by atoms with Crippen LogP contribution in [0, 0.1) is 6.92 Å². The van der Waals surface area contributed by atoms with E-state index in [0.717, 1.165) is 5.56 Å². The van der Waals surface area contributed by atoms with Crippen LogP contribution < -0.4 is 5.69 Å². The third kappa shape index (κ3) is 2.44. The molecular weight excluding hydrogens is 292 g/mol. The summed E-state index contributed by atoms with van der Waals surface area (Å²) in [6, 6.07) is 13.4. The molecule has 0 N–H and O–H groups in total. The van der Waals surface area contributed by atoms with Crippen LogP contribution in [0.5, 0.6) is 0 Å². The van der Waals surface area contributed by atoms with E-state index in [2.05, 4.69) is 10.1 Å². The number of oxazole rings is 1. The molecule has 0 aliphatic carbocycles. The number of aryl methyl sites for hydroxylation is 1. The molecule has 4 rings (SSSR count). The van der Waals surface area contributed by atoms with Gasteiger partial charge in [-0.1, -0.05) is 35.9 Å². The van der Waals surface area contributed by atoms with Crippen LogP contribution in [0.15, 0.2) is 64.1 Å². The zero-order chi connectivity index (χ0) is 15.8. The highest BCUT2D eigenvalue weighted by Crippen LogP contribution is 2.20. The predicted molar refractivity (Wildman–Crippen MR) is 85.2 cm³/mol. The summed E-state index contributed by atoms with van der Waals surface area (Å²) in [7, 11) is 0. The van der Waals surface area contributed by atoms with Gasteiger partial charge in [0.1, 0.15) is 6.54 Å². The first-order chi connectivity index (χ1) is 11.2. The zero-order valence-corrected chi connectivity index (χ0v) is 12.5. The number of pyridine rings is 1. The van der Waals surface area contributed by atoms with Gasteiger partial charge < -0.3 is 4.42 Å². The molecule has 0 bridgehead atoms. The zero-order valence-electron chi connectivity index (χ0n) is 12.5. The molecule has 114 valence electrons. The van der Waals surface area contributed by atoms with Gasteiger partial charge >= 0.3 is 5.69 Å². The Labute approximate surface area is 131 Å². The maximum absolute atomic E-state index is 12.2. The van der Waals surface area contributed by atoms with Crippen LogP contribution in [0.4, 0.5) is 0 Å². The fourth-order valence-electron chi connectivity index (χ4n) is 2.43. The van der Waals surface area contributed by atoms with Gasteiger partial charge in [0.2, 0.25) is 5.89 Å². The van der Waals surface area contributed by atoms with Gasteiger partial charge in [0.05, 0.1) is 6.20 Å². The Morgan fingerprint density at radius 2 is 1.96 bits per heavy atom. The summed E-state index contributed by atoms with van der Waals surface area (Å²) in [5, 5.41) is 4.27. The van der Waals surface area contributed by atoms with Crippen molar-refractivity contribution in [2.75, 3.05) is 0 Å². The van der Waals surface area contributed by atoms with Gasteiger partial charge in [0, 0.05) is 11.8 Å². The molecule has 6 nitrogen and oxygen atoms in total. The van der Waals surface area contributed by atoms with Crippen LogP contribution in [0.2, 0.25) is 0 Å². The summed E-state index contributed by atoms with van der Waals surface area (Å²) < 4.78 is 8.58. The number of rotatable bonds is 3. The molecule has 1 aromatic carbocycles. The average Bonchev–Trinajstić information content (AvgIpc) is 3.15. The first-order valence-corrected chi connectivity index (χ1v) is 7.27. The van der Waals surface area contributed by atoms with E-state index in [1.54, 1.807) is 24.5 Å². The SMILES string of the molecule is Cc1ccc(-c2cnc(Cn3nc4ccccn4c3=O)o2)cc1. The van der Waals surface area contributed by atoms with E-state index in [0.29, 0.717) is 17.3 Å². The van der Waals surface area contributed by atoms with E-state index in [4.69, 9.17) is 4.42 Å². The van der Waals surface area contributed by atoms with Crippen molar-refractivity contribution in [2.24, 2.45) is 0 Å². The number of hydrogen-bond donors (Lipinski definition) is 0. The molecule has 0 radical (unpaired) electrons. The van der Waals surface area contributed by atoms with Gasteiger partial charge in [0.15, 0.2) is 11.4 Å². The lowest BCUT2D eigenvalue weighted by Crippen LogP contribution is -2.21. The van der Waals surface area contributed by atoms with Crippen LogP contribution in [-0.4, -0.2) is 19.2 Å². The van der Waals surface area contributed by atoms with Gasteiger partial charge in [-0.05, 0) is 19.1 Å². The van der Waals surface area contributed by atoms with Crippen molar-refractivity contribution in [1.29, 1.82) is 0 Å². The number of hydrogen-bond acceptors (Lipinski definition) is 4. The highest BCUT2D eigenvalue weighted by Gasteiger charge is 2.11. The maximum Gasteiger partial charge on any atom is 0.350 e. The summed E-state index contributed by atoms with van der Waals surface area (Å²) >= 11 is 0. The summed E-state index contributed by atoms with van der Waals surface area (Å²) in [5.41, 5.74) is 2.53. The molecule has 3 heterocycles. The summed E-state index contributed by atoms with van der Waals surface area (Å²) in [6.45, 7) is 2.23. The molecule has 23 heavy (non-hydrogen) atoms. The van der Waals surface area contributed by atoms with Crippen molar-refractivity contribution in [2.45, 2.75) is 13.5 Å². The van der Waals surface area contributed by atoms with Crippen molar-refractivity contribution in [1.82, 2.24) is 19.2 Å². The molecule has 4 aromatic rings. The van der Waals surface area contributed by atoms with Crippen LogP contribution in [0.25, 0.3) is 17.0 Å². The molecule has 0 saturated carbocycles. The molecule has 0 atom stereocenters. The summed E-state index contributed by atoms with van der Waals surface area (Å²) in [6.07, 6.45) is 3.36. The Kier molecular flexibility index (Phi) is 3.08. The highest BCUT2D eigenvalue weighted by molar-refractivity contribution is 5.56. The average molecular weight is 306 g/mol. The second-order valence-electron chi connectivity index (χ2n) is 5.35. The quantitative estimate of drug-likeness (QED) is 0.583. The van der Waals surface area contributed by atoms with Crippen molar-refractivity contribution in [3.63, 3.8) is 0 Å². The summed E-state index contributed by atoms with van der Waals surface area (Å²) in [5.74, 6) is 1.13. The van der Waals surface area contributed by atoms with Crippen molar-refractivity contribution < 1.29 is 4.42 Å². The standard InChI is InChI=1S/C17H14N4O2/c1-12-5-7-13(8-6-12)14-10-18-16(23-14)11-21-17(22)20-9-3-2-4-15(20)19-21/h2-10H,11H2,1H3. The van der Waals surface area contributed by atoms with Crippen molar-refractivity contribution in [3.05, 3.63) is 76.8 Å². The Hall–Kier alpha value is -3.15. The third-order valence-electron chi connectivity index (χ3n) is 3.66. The first kappa shape index (κ1) is 13.5. The fraction of sp³-hybridized carbons (Fsp3) is 0.118. The second kappa shape index (κ2) is 5.24. The number of aromatic nitrogens is 4. The highest BCUT2D eigenvalue weighted by atomic mass is 16.4. The minimum Gasteiger partial charge on any atom is -0.439 e. The molecule has 3 aromatic heterocycles. The Morgan fingerprint density at radius 3 is 2.74 bits per heavy atom. The molecule has 0 unspecified atom stereocenters. The Morgan fingerprint density at radius 1 is 1.13 bits per heavy atom. The molecule has 6 heteroatoms. The van der Waals surface area contributed by atoms with E-state index in [9.17, 15) is 4.79 Å². The van der Waals surface area contributed by atoms with Gasteiger partial charge in [-0.15, -0.1) is 5.10 Å². The van der Waals surface area contributed by atoms with Gasteiger partial charge in [-0.25, -0.2) is 14.5 Å². The number of nitrogens with zero attached hydrogens (tertiary/aromatic N) is 4. The van der Waals surface area contributed by atoms with Crippen molar-refractivity contribution >= 4 is 5.65 Å². The van der Waals surface area contributed by atoms with E-state index in [-0.39, 0.29) is 12.2 Å². The molecule has 0 aliphatic rings. The van der Waals surface area contributed by atoms with Crippen LogP contribution in [0.3, 0.4) is 0 Å². The first-order valence-electron chi connectivity index (χ1n) is 7.27. The van der Waals surface area contributed by atoms with E-state index >= 15 is 0 Å². The van der Waals surface area contributed by atoms with E-state index in [1.165, 1.54) is 14.6 Å². The van der Waals surface area contributed by atoms with Crippen LogP contribution >= 0.6 is 0 Å². The van der Waals surface area contributed by atoms with Crippen LogP contribution in [-0.2, 0) is 6.54 Å². The molecule has 0 amide bonds. The Bertz CT molecular complexity index is 1020. The smallest absolute Gasteiger partial charge is 0.350 e. The molecular formula is C17H14N4O2. The summed E-state index contributed by atoms with van der Waals surface area (Å²) in [4.78, 5) is 16.5. The largest absolute Gasteiger partial charge is 0.439 e. The lowest BCUT2D eigenvalue weighted by molar-refractivity contribution is 0.469. The molecule has 0 spiro atoms. The van der Waals surface area contributed by atoms with Crippen molar-refractivity contribution in [3.8, 4) is 11.3 Å². The molecule has 0 aliphatic heterocycles. The third-order valence-corrected chi connectivity index (χ3v) is 3.66. The maximum atomic E-state index is 12.2. The Balaban J connectivity index is 1.65. The van der Waals surface area contributed by atoms with E-state index in [1.807, 2.05) is 37.3 Å². The fourth-order valence-corrected chi connectivity index (χ4v) is 2.43. The van der Waals surface area contributed by atoms with Crippen LogP contribution in [0.1, 0.15) is 11.5 Å². The predicted octanol–water partition coefficient (Wildman–Crippen LogP) is 2.51. The molecule has 0 saturated heterocycles. The lowest BCUT2D eigenvalue weighted by Gasteiger charge is -1.97. The topological polar surface area (TPSA) is 65.3 Å². The minimum atomic E-state index is -0.212. The van der Waals surface area contributed by atoms with Gasteiger partial charge in [0.25, 0.3) is 0 Å². The lowest BCUT2D eigenvalue weighted by atomic mass is 10.1. The normalized spacial score (nSPS) is 11.2. The minimum absolute atomic E-state index is 0.201. The number of benzene rings is 1. The second-order valence-corrected chi connectivity index (χ2v) is 5.35. The molecule has 0 fully saturated rings. The monoisotopic (exact) mass is 306 g/mol. The van der Waals surface area contributed by atoms with Gasteiger partial charge in [-0.3, -0.25) is 4.40 Å². The number of fused-ring (bicyclic) bond motifs is 1.